The summed E-state index contributed by atoms with van der Waals surface area (Å²) >= 11 is 0. The van der Waals surface area contributed by atoms with Gasteiger partial charge in [0.05, 0.1) is 11.4 Å². The highest BCUT2D eigenvalue weighted by Gasteiger charge is 2.12. The maximum Gasteiger partial charge on any atom is 0.0956 e. The fourth-order valence-electron chi connectivity index (χ4n) is 2.39. The number of nitrogens with zero attached hydrogens (tertiary/aromatic N) is 1. The standard InChI is InChI=1S/C18H18N2/c1-12-4-8-15(9-5-12)17-14(3)18(20-19-17)16-10-6-13(2)7-11-16/h4-11H,1-3H3,(H,19,20). The van der Waals surface area contributed by atoms with Gasteiger partial charge in [-0.2, -0.15) is 5.10 Å². The van der Waals surface area contributed by atoms with Gasteiger partial charge in [0.1, 0.15) is 0 Å². The lowest BCUT2D eigenvalue weighted by atomic mass is 10.0. The van der Waals surface area contributed by atoms with Crippen molar-refractivity contribution in [2.24, 2.45) is 0 Å². The first-order valence-corrected chi connectivity index (χ1v) is 6.84. The molecule has 20 heavy (non-hydrogen) atoms. The molecule has 0 aliphatic rings. The molecule has 100 valence electrons. The van der Waals surface area contributed by atoms with Crippen LogP contribution in [0.25, 0.3) is 22.5 Å². The van der Waals surface area contributed by atoms with E-state index in [1.165, 1.54) is 22.3 Å². The van der Waals surface area contributed by atoms with Gasteiger partial charge >= 0.3 is 0 Å². The van der Waals surface area contributed by atoms with Gasteiger partial charge in [0.15, 0.2) is 0 Å². The van der Waals surface area contributed by atoms with Crippen molar-refractivity contribution in [1.29, 1.82) is 0 Å². The molecule has 0 radical (unpaired) electrons. The Morgan fingerprint density at radius 3 is 1.75 bits per heavy atom. The number of H-pyrrole nitrogens is 1. The molecule has 0 amide bonds. The largest absolute Gasteiger partial charge is 0.277 e. The zero-order chi connectivity index (χ0) is 14.1. The Morgan fingerprint density at radius 1 is 0.700 bits per heavy atom. The zero-order valence-corrected chi connectivity index (χ0v) is 12.1. The van der Waals surface area contributed by atoms with Crippen LogP contribution in [0, 0.1) is 20.8 Å². The number of hydrogen-bond donors (Lipinski definition) is 1. The molecule has 0 spiro atoms. The summed E-state index contributed by atoms with van der Waals surface area (Å²) in [6.07, 6.45) is 0. The molecule has 3 rings (SSSR count). The molecule has 2 heteroatoms. The quantitative estimate of drug-likeness (QED) is 0.714. The van der Waals surface area contributed by atoms with Gasteiger partial charge in [0.2, 0.25) is 0 Å². The molecular formula is C18H18N2. The minimum atomic E-state index is 1.03. The van der Waals surface area contributed by atoms with Crippen molar-refractivity contribution in [3.8, 4) is 22.5 Å². The second-order valence-corrected chi connectivity index (χ2v) is 5.30. The number of benzene rings is 2. The van der Waals surface area contributed by atoms with Crippen molar-refractivity contribution >= 4 is 0 Å². The summed E-state index contributed by atoms with van der Waals surface area (Å²) in [6, 6.07) is 17.0. The van der Waals surface area contributed by atoms with Crippen LogP contribution in [0.15, 0.2) is 48.5 Å². The SMILES string of the molecule is Cc1ccc(-c2n[nH]c(-c3ccc(C)cc3)c2C)cc1. The number of aromatic nitrogens is 2. The first kappa shape index (κ1) is 12.7. The van der Waals surface area contributed by atoms with Crippen LogP contribution in [0.1, 0.15) is 16.7 Å². The van der Waals surface area contributed by atoms with Gasteiger partial charge in [-0.15, -0.1) is 0 Å². The lowest BCUT2D eigenvalue weighted by Crippen LogP contribution is -1.83. The molecule has 2 nitrogen and oxygen atoms in total. The van der Waals surface area contributed by atoms with Crippen molar-refractivity contribution < 1.29 is 0 Å². The Balaban J connectivity index is 2.04. The van der Waals surface area contributed by atoms with Crippen LogP contribution in [-0.4, -0.2) is 10.2 Å². The predicted octanol–water partition coefficient (Wildman–Crippen LogP) is 4.67. The van der Waals surface area contributed by atoms with Crippen molar-refractivity contribution in [2.45, 2.75) is 20.8 Å². The summed E-state index contributed by atoms with van der Waals surface area (Å²) in [5, 5.41) is 7.66. The normalized spacial score (nSPS) is 10.8. The van der Waals surface area contributed by atoms with E-state index < -0.39 is 0 Å². The summed E-state index contributed by atoms with van der Waals surface area (Å²) in [5.74, 6) is 0. The molecule has 0 unspecified atom stereocenters. The highest BCUT2D eigenvalue weighted by atomic mass is 15.1. The molecule has 1 heterocycles. The first-order chi connectivity index (χ1) is 9.65. The molecule has 0 saturated heterocycles. The fraction of sp³-hybridized carbons (Fsp3) is 0.167. The lowest BCUT2D eigenvalue weighted by molar-refractivity contribution is 1.10. The topological polar surface area (TPSA) is 28.7 Å². The van der Waals surface area contributed by atoms with E-state index in [9.17, 15) is 0 Å². The average Bonchev–Trinajstić information content (AvgIpc) is 2.83. The average molecular weight is 262 g/mol. The minimum absolute atomic E-state index is 1.03. The van der Waals surface area contributed by atoms with Gasteiger partial charge in [0.25, 0.3) is 0 Å². The maximum atomic E-state index is 4.49. The Kier molecular flexibility index (Phi) is 3.15. The number of rotatable bonds is 2. The highest BCUT2D eigenvalue weighted by Crippen LogP contribution is 2.29. The summed E-state index contributed by atoms with van der Waals surface area (Å²) in [7, 11) is 0. The van der Waals surface area contributed by atoms with Gasteiger partial charge in [-0.1, -0.05) is 59.7 Å². The zero-order valence-electron chi connectivity index (χ0n) is 12.1. The van der Waals surface area contributed by atoms with E-state index in [0.717, 1.165) is 17.0 Å². The second-order valence-electron chi connectivity index (χ2n) is 5.30. The third-order valence-electron chi connectivity index (χ3n) is 3.67. The van der Waals surface area contributed by atoms with Crippen molar-refractivity contribution in [3.05, 3.63) is 65.2 Å². The lowest BCUT2D eigenvalue weighted by Gasteiger charge is -2.02. The van der Waals surface area contributed by atoms with E-state index in [1.54, 1.807) is 0 Å². The molecule has 0 saturated carbocycles. The Labute approximate surface area is 119 Å². The highest BCUT2D eigenvalue weighted by molar-refractivity contribution is 5.73. The summed E-state index contributed by atoms with van der Waals surface area (Å²) in [5.41, 5.74) is 8.19. The van der Waals surface area contributed by atoms with Crippen LogP contribution < -0.4 is 0 Å². The van der Waals surface area contributed by atoms with Crippen molar-refractivity contribution in [2.75, 3.05) is 0 Å². The molecule has 0 aliphatic heterocycles. The number of nitrogens with one attached hydrogen (secondary N) is 1. The van der Waals surface area contributed by atoms with Crippen LogP contribution in [0.5, 0.6) is 0 Å². The van der Waals surface area contributed by atoms with Crippen molar-refractivity contribution in [3.63, 3.8) is 0 Å². The number of aromatic amines is 1. The predicted molar refractivity (Wildman–Crippen MR) is 83.7 cm³/mol. The van der Waals surface area contributed by atoms with Gasteiger partial charge in [-0.3, -0.25) is 5.10 Å². The van der Waals surface area contributed by atoms with E-state index in [1.807, 2.05) is 0 Å². The molecule has 3 aromatic rings. The number of hydrogen-bond acceptors (Lipinski definition) is 1. The Morgan fingerprint density at radius 2 is 1.20 bits per heavy atom. The van der Waals surface area contributed by atoms with Gasteiger partial charge in [0, 0.05) is 11.1 Å². The van der Waals surface area contributed by atoms with Crippen LogP contribution in [0.2, 0.25) is 0 Å². The van der Waals surface area contributed by atoms with E-state index in [4.69, 9.17) is 0 Å². The first-order valence-electron chi connectivity index (χ1n) is 6.84. The van der Waals surface area contributed by atoms with Crippen LogP contribution in [0.3, 0.4) is 0 Å². The minimum Gasteiger partial charge on any atom is -0.277 e. The van der Waals surface area contributed by atoms with E-state index in [0.29, 0.717) is 0 Å². The molecule has 1 N–H and O–H groups in total. The van der Waals surface area contributed by atoms with Gasteiger partial charge in [-0.05, 0) is 26.3 Å². The van der Waals surface area contributed by atoms with E-state index in [2.05, 4.69) is 79.5 Å². The third kappa shape index (κ3) is 2.25. The third-order valence-corrected chi connectivity index (χ3v) is 3.67. The van der Waals surface area contributed by atoms with Gasteiger partial charge < -0.3 is 0 Å². The van der Waals surface area contributed by atoms with Crippen molar-refractivity contribution in [1.82, 2.24) is 10.2 Å². The van der Waals surface area contributed by atoms with Crippen LogP contribution in [-0.2, 0) is 0 Å². The Bertz CT molecular complexity index is 656. The summed E-state index contributed by atoms with van der Waals surface area (Å²) in [6.45, 7) is 6.31. The smallest absolute Gasteiger partial charge is 0.0956 e. The van der Waals surface area contributed by atoms with Crippen LogP contribution in [0.4, 0.5) is 0 Å². The Hall–Kier alpha value is -2.35. The molecular weight excluding hydrogens is 244 g/mol. The molecule has 0 fully saturated rings. The number of aryl methyl sites for hydroxylation is 2. The van der Waals surface area contributed by atoms with Crippen LogP contribution >= 0.6 is 0 Å². The fourth-order valence-corrected chi connectivity index (χ4v) is 2.39. The van der Waals surface area contributed by atoms with E-state index in [-0.39, 0.29) is 0 Å². The molecule has 1 aromatic heterocycles. The molecule has 0 bridgehead atoms. The molecule has 2 aromatic carbocycles. The summed E-state index contributed by atoms with van der Waals surface area (Å²) < 4.78 is 0. The second kappa shape index (κ2) is 4.97. The monoisotopic (exact) mass is 262 g/mol. The molecule has 0 aliphatic carbocycles. The van der Waals surface area contributed by atoms with Gasteiger partial charge in [-0.25, -0.2) is 0 Å². The maximum absolute atomic E-state index is 4.49. The van der Waals surface area contributed by atoms with E-state index >= 15 is 0 Å². The summed E-state index contributed by atoms with van der Waals surface area (Å²) in [4.78, 5) is 0. The molecule has 0 atom stereocenters.